The molecule has 1 amide bonds. The molecule has 3 heteroatoms. The maximum atomic E-state index is 11.6. The van der Waals surface area contributed by atoms with E-state index in [1.165, 1.54) is 16.5 Å². The second-order valence-corrected chi connectivity index (χ2v) is 4.35. The number of rotatable bonds is 0. The maximum Gasteiger partial charge on any atom is 0.223 e. The number of benzene rings is 1. The first-order chi connectivity index (χ1) is 7.68. The van der Waals surface area contributed by atoms with Crippen LogP contribution in [0.3, 0.4) is 0 Å². The van der Waals surface area contributed by atoms with Crippen molar-refractivity contribution in [2.24, 2.45) is 7.05 Å². The minimum atomic E-state index is 0.134. The van der Waals surface area contributed by atoms with Crippen LogP contribution in [0.5, 0.6) is 0 Å². The normalized spacial score (nSPS) is 14.5. The molecule has 1 aliphatic heterocycles. The molecule has 0 saturated heterocycles. The highest BCUT2D eigenvalue weighted by molar-refractivity contribution is 6.05. The third-order valence-corrected chi connectivity index (χ3v) is 3.38. The number of carbonyl (C=O) groups is 1. The van der Waals surface area contributed by atoms with E-state index in [0.29, 0.717) is 0 Å². The van der Waals surface area contributed by atoms with Crippen LogP contribution in [0.25, 0.3) is 10.9 Å². The van der Waals surface area contributed by atoms with E-state index in [4.69, 9.17) is 0 Å². The van der Waals surface area contributed by atoms with Crippen molar-refractivity contribution in [2.45, 2.75) is 13.3 Å². The fourth-order valence-electron chi connectivity index (χ4n) is 2.56. The molecule has 0 unspecified atom stereocenters. The number of nitrogens with zero attached hydrogens (tertiary/aromatic N) is 2. The van der Waals surface area contributed by atoms with Crippen LogP contribution in [0, 0.1) is 0 Å². The van der Waals surface area contributed by atoms with Crippen molar-refractivity contribution >= 4 is 22.5 Å². The summed E-state index contributed by atoms with van der Waals surface area (Å²) in [6.07, 6.45) is 3.02. The summed E-state index contributed by atoms with van der Waals surface area (Å²) in [5.41, 5.74) is 3.59. The average Bonchev–Trinajstić information content (AvgIpc) is 2.81. The van der Waals surface area contributed by atoms with Crippen molar-refractivity contribution < 1.29 is 4.79 Å². The van der Waals surface area contributed by atoms with Crippen LogP contribution in [0.1, 0.15) is 12.5 Å². The zero-order valence-electron chi connectivity index (χ0n) is 9.53. The van der Waals surface area contributed by atoms with Gasteiger partial charge in [-0.3, -0.25) is 4.79 Å². The lowest BCUT2D eigenvalue weighted by Crippen LogP contribution is -2.25. The van der Waals surface area contributed by atoms with Gasteiger partial charge in [-0.15, -0.1) is 0 Å². The fraction of sp³-hybridized carbons (Fsp3) is 0.308. The van der Waals surface area contributed by atoms with E-state index < -0.39 is 0 Å². The molecule has 2 aromatic rings. The standard InChI is InChI=1S/C13H14N2O/c1-9(16)15-8-5-10-3-4-12-11(13(10)15)6-7-14(12)2/h3-4,6-7H,5,8H2,1-2H3. The first-order valence-electron chi connectivity index (χ1n) is 5.53. The third kappa shape index (κ3) is 1.11. The molecular formula is C13H14N2O. The van der Waals surface area contributed by atoms with E-state index in [9.17, 15) is 4.79 Å². The molecule has 0 N–H and O–H groups in total. The maximum absolute atomic E-state index is 11.6. The molecule has 1 aliphatic rings. The van der Waals surface area contributed by atoms with Crippen LogP contribution in [0.4, 0.5) is 5.69 Å². The van der Waals surface area contributed by atoms with Crippen molar-refractivity contribution in [3.63, 3.8) is 0 Å². The molecule has 0 fully saturated rings. The van der Waals surface area contributed by atoms with Crippen LogP contribution < -0.4 is 4.90 Å². The summed E-state index contributed by atoms with van der Waals surface area (Å²) in [6, 6.07) is 6.37. The molecule has 1 aromatic carbocycles. The summed E-state index contributed by atoms with van der Waals surface area (Å²) < 4.78 is 2.09. The summed E-state index contributed by atoms with van der Waals surface area (Å²) in [5.74, 6) is 0.134. The molecule has 0 radical (unpaired) electrons. The van der Waals surface area contributed by atoms with E-state index in [0.717, 1.165) is 18.7 Å². The highest BCUT2D eigenvalue weighted by Crippen LogP contribution is 2.35. The lowest BCUT2D eigenvalue weighted by atomic mass is 10.1. The summed E-state index contributed by atoms with van der Waals surface area (Å²) in [7, 11) is 2.03. The van der Waals surface area contributed by atoms with Crippen LogP contribution in [-0.2, 0) is 18.3 Å². The van der Waals surface area contributed by atoms with Gasteiger partial charge in [-0.05, 0) is 24.1 Å². The van der Waals surface area contributed by atoms with Gasteiger partial charge in [0.1, 0.15) is 0 Å². The van der Waals surface area contributed by atoms with Crippen molar-refractivity contribution in [2.75, 3.05) is 11.4 Å². The van der Waals surface area contributed by atoms with Gasteiger partial charge in [-0.25, -0.2) is 0 Å². The van der Waals surface area contributed by atoms with Gasteiger partial charge in [-0.1, -0.05) is 6.07 Å². The zero-order valence-corrected chi connectivity index (χ0v) is 9.53. The lowest BCUT2D eigenvalue weighted by Gasteiger charge is -2.15. The number of hydrogen-bond acceptors (Lipinski definition) is 1. The highest BCUT2D eigenvalue weighted by Gasteiger charge is 2.24. The predicted octanol–water partition coefficient (Wildman–Crippen LogP) is 2.09. The zero-order chi connectivity index (χ0) is 11.3. The van der Waals surface area contributed by atoms with Crippen LogP contribution >= 0.6 is 0 Å². The number of hydrogen-bond donors (Lipinski definition) is 0. The molecule has 2 heterocycles. The number of fused-ring (bicyclic) bond motifs is 3. The molecule has 0 aliphatic carbocycles. The molecule has 1 aromatic heterocycles. The number of amides is 1. The fourth-order valence-corrected chi connectivity index (χ4v) is 2.56. The Bertz CT molecular complexity index is 583. The average molecular weight is 214 g/mol. The summed E-state index contributed by atoms with van der Waals surface area (Å²) >= 11 is 0. The Labute approximate surface area is 94.3 Å². The Kier molecular flexibility index (Phi) is 1.84. The molecule has 82 valence electrons. The second kappa shape index (κ2) is 3.11. The van der Waals surface area contributed by atoms with E-state index in [-0.39, 0.29) is 5.91 Å². The first kappa shape index (κ1) is 9.46. The minimum absolute atomic E-state index is 0.134. The number of aryl methyl sites for hydroxylation is 1. The largest absolute Gasteiger partial charge is 0.350 e. The number of aromatic nitrogens is 1. The van der Waals surface area contributed by atoms with Crippen LogP contribution in [-0.4, -0.2) is 17.0 Å². The minimum Gasteiger partial charge on any atom is -0.350 e. The lowest BCUT2D eigenvalue weighted by molar-refractivity contribution is -0.116. The third-order valence-electron chi connectivity index (χ3n) is 3.38. The number of carbonyl (C=O) groups excluding carboxylic acids is 1. The Morgan fingerprint density at radius 2 is 2.12 bits per heavy atom. The van der Waals surface area contributed by atoms with Gasteiger partial charge in [0.05, 0.1) is 5.69 Å². The Hall–Kier alpha value is -1.77. The Balaban J connectivity index is 2.33. The molecule has 3 rings (SSSR count). The SMILES string of the molecule is CC(=O)N1CCc2ccc3c(ccn3C)c21. The van der Waals surface area contributed by atoms with Crippen molar-refractivity contribution in [1.29, 1.82) is 0 Å². The van der Waals surface area contributed by atoms with E-state index in [2.05, 4.69) is 22.8 Å². The monoisotopic (exact) mass is 214 g/mol. The van der Waals surface area contributed by atoms with Crippen molar-refractivity contribution in [3.8, 4) is 0 Å². The Morgan fingerprint density at radius 3 is 2.88 bits per heavy atom. The molecule has 3 nitrogen and oxygen atoms in total. The van der Waals surface area contributed by atoms with Gasteiger partial charge in [0.25, 0.3) is 0 Å². The van der Waals surface area contributed by atoms with Gasteiger partial charge >= 0.3 is 0 Å². The van der Waals surface area contributed by atoms with Gasteiger partial charge < -0.3 is 9.47 Å². The van der Waals surface area contributed by atoms with E-state index in [1.54, 1.807) is 6.92 Å². The highest BCUT2D eigenvalue weighted by atomic mass is 16.2. The van der Waals surface area contributed by atoms with Gasteiger partial charge in [-0.2, -0.15) is 0 Å². The van der Waals surface area contributed by atoms with E-state index >= 15 is 0 Å². The summed E-state index contributed by atoms with van der Waals surface area (Å²) in [6.45, 7) is 2.45. The predicted molar refractivity (Wildman–Crippen MR) is 64.7 cm³/mol. The molecule has 0 bridgehead atoms. The smallest absolute Gasteiger partial charge is 0.223 e. The molecule has 0 saturated carbocycles. The first-order valence-corrected chi connectivity index (χ1v) is 5.53. The van der Waals surface area contributed by atoms with Crippen LogP contribution in [0.15, 0.2) is 24.4 Å². The summed E-state index contributed by atoms with van der Waals surface area (Å²) in [5, 5.41) is 1.19. The molecule has 0 atom stereocenters. The van der Waals surface area contributed by atoms with Crippen molar-refractivity contribution in [1.82, 2.24) is 4.57 Å². The van der Waals surface area contributed by atoms with Crippen molar-refractivity contribution in [3.05, 3.63) is 30.0 Å². The second-order valence-electron chi connectivity index (χ2n) is 4.35. The molecular weight excluding hydrogens is 200 g/mol. The number of anilines is 1. The van der Waals surface area contributed by atoms with E-state index in [1.807, 2.05) is 18.1 Å². The van der Waals surface area contributed by atoms with Gasteiger partial charge in [0.15, 0.2) is 0 Å². The quantitative estimate of drug-likeness (QED) is 0.659. The van der Waals surface area contributed by atoms with Crippen LogP contribution in [0.2, 0.25) is 0 Å². The Morgan fingerprint density at radius 1 is 1.31 bits per heavy atom. The van der Waals surface area contributed by atoms with Gasteiger partial charge in [0, 0.05) is 37.6 Å². The molecule has 16 heavy (non-hydrogen) atoms. The summed E-state index contributed by atoms with van der Waals surface area (Å²) in [4.78, 5) is 13.5. The topological polar surface area (TPSA) is 25.2 Å². The molecule has 0 spiro atoms. The van der Waals surface area contributed by atoms with Gasteiger partial charge in [0.2, 0.25) is 5.91 Å².